The number of amides is 2. The molecule has 0 radical (unpaired) electrons. The normalized spacial score (nSPS) is 29.0. The first-order valence-electron chi connectivity index (χ1n) is 10.2. The Morgan fingerprint density at radius 1 is 0.818 bits per heavy atom. The van der Waals surface area contributed by atoms with Crippen molar-refractivity contribution in [3.05, 3.63) is 99.6 Å². The molecule has 5 nitrogen and oxygen atoms in total. The third-order valence-electron chi connectivity index (χ3n) is 7.02. The Kier molecular flexibility index (Phi) is 4.33. The smallest absolute Gasteiger partial charge is 0.337 e. The van der Waals surface area contributed by atoms with Crippen molar-refractivity contribution in [2.75, 3.05) is 4.90 Å². The van der Waals surface area contributed by atoms with Gasteiger partial charge in [-0.05, 0) is 40.5 Å². The Bertz CT molecular complexity index is 1300. The second kappa shape index (κ2) is 6.78. The van der Waals surface area contributed by atoms with Crippen LogP contribution >= 0.6 is 43.5 Å². The van der Waals surface area contributed by atoms with Gasteiger partial charge in [0.25, 0.3) is 0 Å². The first kappa shape index (κ1) is 21.1. The fourth-order valence-corrected chi connectivity index (χ4v) is 8.24. The number of imide groups is 1. The van der Waals surface area contributed by atoms with Crippen molar-refractivity contribution in [3.63, 3.8) is 0 Å². The van der Waals surface area contributed by atoms with Gasteiger partial charge in [-0.15, -0.1) is 0 Å². The van der Waals surface area contributed by atoms with E-state index >= 15 is 0 Å². The summed E-state index contributed by atoms with van der Waals surface area (Å²) < 4.78 is -1.80. The summed E-state index contributed by atoms with van der Waals surface area (Å²) in [6, 6.07) is 19.8. The number of aromatic carboxylic acids is 1. The van der Waals surface area contributed by atoms with Gasteiger partial charge in [0.05, 0.1) is 36.8 Å². The molecule has 1 N–H and O–H groups in total. The van der Waals surface area contributed by atoms with Gasteiger partial charge >= 0.3 is 5.97 Å². The zero-order valence-corrected chi connectivity index (χ0v) is 20.7. The van der Waals surface area contributed by atoms with Crippen LogP contribution in [0.5, 0.6) is 0 Å². The van der Waals surface area contributed by atoms with Crippen molar-refractivity contribution in [1.82, 2.24) is 0 Å². The molecule has 3 aromatic rings. The molecule has 2 amide bonds. The average molecular weight is 588 g/mol. The molecule has 4 aliphatic rings. The Morgan fingerprint density at radius 2 is 1.24 bits per heavy atom. The van der Waals surface area contributed by atoms with Gasteiger partial charge in [0.2, 0.25) is 11.8 Å². The zero-order valence-electron chi connectivity index (χ0n) is 16.8. The average Bonchev–Trinajstić information content (AvgIpc) is 3.09. The molecule has 0 aromatic heterocycles. The van der Waals surface area contributed by atoms with Crippen LogP contribution in [-0.4, -0.2) is 22.9 Å². The van der Waals surface area contributed by atoms with Crippen LogP contribution in [0.15, 0.2) is 66.7 Å². The van der Waals surface area contributed by atoms with Gasteiger partial charge in [0.15, 0.2) is 0 Å². The lowest BCUT2D eigenvalue weighted by atomic mass is 9.54. The van der Waals surface area contributed by atoms with Gasteiger partial charge in [0.1, 0.15) is 0 Å². The van der Waals surface area contributed by atoms with Gasteiger partial charge in [-0.1, -0.05) is 92.0 Å². The molecule has 2 bridgehead atoms. The number of alkyl halides is 2. The SMILES string of the molecule is O=C(O)c1cc(N2C(=O)[C@@H]3[C@@H](C2=O)C2(Br)c4ccccc4C3(Br)c3ccccc32)ccc1Cl. The second-order valence-corrected chi connectivity index (χ2v) is 11.4. The Morgan fingerprint density at radius 3 is 1.64 bits per heavy atom. The third kappa shape index (κ3) is 2.40. The van der Waals surface area contributed by atoms with Gasteiger partial charge in [-0.2, -0.15) is 0 Å². The first-order valence-corrected chi connectivity index (χ1v) is 12.2. The second-order valence-electron chi connectivity index (χ2n) is 8.45. The quantitative estimate of drug-likeness (QED) is 0.320. The zero-order chi connectivity index (χ0) is 23.3. The van der Waals surface area contributed by atoms with Crippen LogP contribution in [0, 0.1) is 11.8 Å². The number of hydrogen-bond acceptors (Lipinski definition) is 3. The molecule has 0 saturated carbocycles. The predicted octanol–water partition coefficient (Wildman–Crippen LogP) is 5.45. The van der Waals surface area contributed by atoms with E-state index in [1.165, 1.54) is 18.2 Å². The molecule has 8 heteroatoms. The molecule has 1 aliphatic heterocycles. The summed E-state index contributed by atoms with van der Waals surface area (Å²) in [6.45, 7) is 0. The molecule has 1 saturated heterocycles. The minimum absolute atomic E-state index is 0.0385. The van der Waals surface area contributed by atoms with E-state index < -0.39 is 26.5 Å². The van der Waals surface area contributed by atoms with E-state index in [1.54, 1.807) is 0 Å². The molecule has 3 aliphatic carbocycles. The van der Waals surface area contributed by atoms with Crippen LogP contribution in [0.1, 0.15) is 32.6 Å². The summed E-state index contributed by atoms with van der Waals surface area (Å²) in [6.07, 6.45) is 0. The number of halogens is 3. The van der Waals surface area contributed by atoms with Crippen molar-refractivity contribution in [3.8, 4) is 0 Å². The van der Waals surface area contributed by atoms with Crippen molar-refractivity contribution in [2.45, 2.75) is 8.65 Å². The summed E-state index contributed by atoms with van der Waals surface area (Å²) in [5.74, 6) is -3.44. The molecule has 3 aromatic carbocycles. The standard InChI is InChI=1S/C25H14Br2ClNO4/c26-24-14-5-1-2-6-15(14)25(27,17-8-4-3-7-16(17)24)20-19(24)21(30)29(22(20)31)12-9-10-18(28)13(11-12)23(32)33/h1-11,19-20H,(H,32,33)/t19-,20-,24?,25?/m0/s1. The van der Waals surface area contributed by atoms with Gasteiger partial charge in [-0.3, -0.25) is 9.59 Å². The van der Waals surface area contributed by atoms with Crippen LogP contribution in [0.2, 0.25) is 5.02 Å². The molecule has 164 valence electrons. The lowest BCUT2D eigenvalue weighted by Gasteiger charge is -2.55. The van der Waals surface area contributed by atoms with Gasteiger partial charge in [0, 0.05) is 0 Å². The van der Waals surface area contributed by atoms with E-state index in [4.69, 9.17) is 11.6 Å². The Labute approximate surface area is 210 Å². The number of carbonyl (C=O) groups excluding carboxylic acids is 2. The number of anilines is 1. The van der Waals surface area contributed by atoms with Crippen molar-refractivity contribution in [1.29, 1.82) is 0 Å². The lowest BCUT2D eigenvalue weighted by molar-refractivity contribution is -0.122. The van der Waals surface area contributed by atoms with Crippen molar-refractivity contribution < 1.29 is 19.5 Å². The first-order chi connectivity index (χ1) is 15.7. The minimum atomic E-state index is -1.23. The van der Waals surface area contributed by atoms with E-state index in [-0.39, 0.29) is 28.1 Å². The summed E-state index contributed by atoms with van der Waals surface area (Å²) in [5, 5.41) is 9.53. The monoisotopic (exact) mass is 585 g/mol. The van der Waals surface area contributed by atoms with Crippen LogP contribution < -0.4 is 4.90 Å². The maximum absolute atomic E-state index is 13.9. The van der Waals surface area contributed by atoms with Crippen LogP contribution in [0.25, 0.3) is 0 Å². The topological polar surface area (TPSA) is 74.7 Å². The Balaban J connectivity index is 1.62. The molecule has 2 atom stereocenters. The third-order valence-corrected chi connectivity index (χ3v) is 10.0. The Hall–Kier alpha value is -2.48. The van der Waals surface area contributed by atoms with E-state index in [0.29, 0.717) is 0 Å². The van der Waals surface area contributed by atoms with Crippen LogP contribution in [0.3, 0.4) is 0 Å². The molecule has 33 heavy (non-hydrogen) atoms. The molecular formula is C25H14Br2ClNO4. The van der Waals surface area contributed by atoms with Crippen LogP contribution in [-0.2, 0) is 18.2 Å². The number of carboxylic acids is 1. The van der Waals surface area contributed by atoms with Gasteiger partial charge < -0.3 is 5.11 Å². The van der Waals surface area contributed by atoms with Crippen molar-refractivity contribution in [2.24, 2.45) is 11.8 Å². The minimum Gasteiger partial charge on any atom is -0.478 e. The highest BCUT2D eigenvalue weighted by molar-refractivity contribution is 9.10. The molecule has 1 fully saturated rings. The molecule has 1 heterocycles. The summed E-state index contributed by atoms with van der Waals surface area (Å²) in [7, 11) is 0. The number of carboxylic acid groups (broad SMARTS) is 1. The molecule has 0 unspecified atom stereocenters. The fraction of sp³-hybridized carbons (Fsp3) is 0.160. The number of rotatable bonds is 2. The highest BCUT2D eigenvalue weighted by atomic mass is 79.9. The highest BCUT2D eigenvalue weighted by Crippen LogP contribution is 2.70. The summed E-state index contributed by atoms with van der Waals surface area (Å²) in [5.41, 5.74) is 3.78. The molecular weight excluding hydrogens is 574 g/mol. The molecule has 7 rings (SSSR count). The predicted molar refractivity (Wildman–Crippen MR) is 130 cm³/mol. The lowest BCUT2D eigenvalue weighted by Crippen LogP contribution is -2.56. The largest absolute Gasteiger partial charge is 0.478 e. The fourth-order valence-electron chi connectivity index (χ4n) is 5.74. The molecule has 0 spiro atoms. The van der Waals surface area contributed by atoms with E-state index in [1.807, 2.05) is 48.5 Å². The summed E-state index contributed by atoms with van der Waals surface area (Å²) >= 11 is 13.9. The van der Waals surface area contributed by atoms with Crippen LogP contribution in [0.4, 0.5) is 5.69 Å². The van der Waals surface area contributed by atoms with Gasteiger partial charge in [-0.25, -0.2) is 9.69 Å². The number of benzene rings is 3. The summed E-state index contributed by atoms with van der Waals surface area (Å²) in [4.78, 5) is 40.6. The number of carbonyl (C=O) groups is 3. The number of hydrogen-bond donors (Lipinski definition) is 1. The maximum atomic E-state index is 13.9. The maximum Gasteiger partial charge on any atom is 0.337 e. The highest BCUT2D eigenvalue weighted by Gasteiger charge is 2.72. The number of nitrogens with zero attached hydrogens (tertiary/aromatic N) is 1. The van der Waals surface area contributed by atoms with E-state index in [9.17, 15) is 19.5 Å². The van der Waals surface area contributed by atoms with E-state index in [0.717, 1.165) is 27.2 Å². The van der Waals surface area contributed by atoms with E-state index in [2.05, 4.69) is 31.9 Å². The van der Waals surface area contributed by atoms with Crippen molar-refractivity contribution >= 4 is 66.9 Å².